The monoisotopic (exact) mass is 531 g/mol. The average Bonchev–Trinajstić information content (AvgIpc) is 3.14. The fraction of sp³-hybridized carbons (Fsp3) is 0.300. The van der Waals surface area contributed by atoms with Crippen LogP contribution in [0, 0.1) is 0 Å². The number of halogens is 1. The standard InChI is InChI=1S/C30H34ClN5O2/c31-25-16-14-23(15-17-25)27(22-9-2-1-3-10-22)28(37)35-26(13-6-18-34-30(32)33)29(38)36-19-7-12-21-8-4-5-11-24(21)20-36/h1-5,8-11,14-17,26-27H,6-7,12-13,18-20H2,(H,35,37)(H4,32,33,34)/t26-,27+/m1/s1. The van der Waals surface area contributed by atoms with Crippen LogP contribution in [0.1, 0.15) is 47.4 Å². The highest BCUT2D eigenvalue weighted by molar-refractivity contribution is 6.30. The minimum Gasteiger partial charge on any atom is -0.370 e. The van der Waals surface area contributed by atoms with Gasteiger partial charge in [-0.15, -0.1) is 0 Å². The van der Waals surface area contributed by atoms with Gasteiger partial charge in [0.15, 0.2) is 5.96 Å². The Labute approximate surface area is 228 Å². The molecular formula is C30H34ClN5O2. The second-order valence-electron chi connectivity index (χ2n) is 9.54. The summed E-state index contributed by atoms with van der Waals surface area (Å²) in [4.78, 5) is 33.6. The Hall–Kier alpha value is -3.84. The van der Waals surface area contributed by atoms with Crippen LogP contribution in [0.4, 0.5) is 0 Å². The van der Waals surface area contributed by atoms with Gasteiger partial charge < -0.3 is 21.7 Å². The Morgan fingerprint density at radius 3 is 2.29 bits per heavy atom. The molecule has 0 bridgehead atoms. The van der Waals surface area contributed by atoms with Gasteiger partial charge in [-0.2, -0.15) is 0 Å². The number of fused-ring (bicyclic) bond motifs is 1. The molecule has 0 unspecified atom stereocenters. The van der Waals surface area contributed by atoms with Crippen molar-refractivity contribution in [2.24, 2.45) is 16.5 Å². The van der Waals surface area contributed by atoms with Gasteiger partial charge in [0.1, 0.15) is 6.04 Å². The fourth-order valence-corrected chi connectivity index (χ4v) is 5.05. The van der Waals surface area contributed by atoms with Gasteiger partial charge in [-0.1, -0.05) is 78.3 Å². The first-order valence-electron chi connectivity index (χ1n) is 12.9. The molecule has 3 aromatic rings. The largest absolute Gasteiger partial charge is 0.370 e. The van der Waals surface area contributed by atoms with Crippen LogP contribution in [-0.2, 0) is 22.6 Å². The zero-order chi connectivity index (χ0) is 26.9. The molecule has 0 spiro atoms. The molecule has 7 nitrogen and oxygen atoms in total. The van der Waals surface area contributed by atoms with Crippen molar-refractivity contribution in [3.05, 3.63) is 106 Å². The number of aryl methyl sites for hydroxylation is 1. The molecule has 0 fully saturated rings. The molecule has 1 aliphatic heterocycles. The molecule has 5 N–H and O–H groups in total. The average molecular weight is 532 g/mol. The van der Waals surface area contributed by atoms with Gasteiger partial charge in [-0.05, 0) is 60.1 Å². The van der Waals surface area contributed by atoms with E-state index >= 15 is 0 Å². The summed E-state index contributed by atoms with van der Waals surface area (Å²) >= 11 is 6.12. The fourth-order valence-electron chi connectivity index (χ4n) is 4.92. The van der Waals surface area contributed by atoms with E-state index in [1.165, 1.54) is 5.56 Å². The van der Waals surface area contributed by atoms with Gasteiger partial charge >= 0.3 is 0 Å². The van der Waals surface area contributed by atoms with Crippen molar-refractivity contribution in [2.75, 3.05) is 13.1 Å². The number of benzene rings is 3. The number of hydrogen-bond donors (Lipinski definition) is 3. The maximum absolute atomic E-state index is 13.9. The minimum atomic E-state index is -0.708. The quantitative estimate of drug-likeness (QED) is 0.220. The molecule has 38 heavy (non-hydrogen) atoms. The smallest absolute Gasteiger partial charge is 0.245 e. The lowest BCUT2D eigenvalue weighted by atomic mass is 9.90. The van der Waals surface area contributed by atoms with E-state index < -0.39 is 12.0 Å². The maximum atomic E-state index is 13.9. The molecule has 0 aromatic heterocycles. The summed E-state index contributed by atoms with van der Waals surface area (Å²) < 4.78 is 0. The zero-order valence-electron chi connectivity index (χ0n) is 21.4. The Kier molecular flexibility index (Phi) is 9.38. The van der Waals surface area contributed by atoms with Crippen molar-refractivity contribution < 1.29 is 9.59 Å². The highest BCUT2D eigenvalue weighted by Gasteiger charge is 2.31. The molecule has 3 aromatic carbocycles. The van der Waals surface area contributed by atoms with Crippen molar-refractivity contribution in [1.82, 2.24) is 10.2 Å². The van der Waals surface area contributed by atoms with Gasteiger partial charge in [0, 0.05) is 24.7 Å². The number of hydrogen-bond acceptors (Lipinski definition) is 3. The predicted molar refractivity (Wildman–Crippen MR) is 152 cm³/mol. The number of carbonyl (C=O) groups is 2. The van der Waals surface area contributed by atoms with Crippen LogP contribution in [-0.4, -0.2) is 41.8 Å². The number of aliphatic imine (C=N–C) groups is 1. The Balaban J connectivity index is 1.59. The molecule has 2 atom stereocenters. The number of nitrogens with two attached hydrogens (primary N) is 2. The molecule has 0 saturated heterocycles. The summed E-state index contributed by atoms with van der Waals surface area (Å²) in [5.41, 5.74) is 15.0. The van der Waals surface area contributed by atoms with Crippen LogP contribution in [0.2, 0.25) is 5.02 Å². The van der Waals surface area contributed by atoms with Gasteiger partial charge in [-0.3, -0.25) is 14.6 Å². The third-order valence-electron chi connectivity index (χ3n) is 6.82. The lowest BCUT2D eigenvalue weighted by molar-refractivity contribution is -0.137. The molecule has 4 rings (SSSR count). The summed E-state index contributed by atoms with van der Waals surface area (Å²) in [5.74, 6) is -0.921. The molecule has 1 heterocycles. The van der Waals surface area contributed by atoms with Crippen molar-refractivity contribution in [3.8, 4) is 0 Å². The zero-order valence-corrected chi connectivity index (χ0v) is 22.1. The number of carbonyl (C=O) groups excluding carboxylic acids is 2. The first kappa shape index (κ1) is 27.2. The molecule has 8 heteroatoms. The minimum absolute atomic E-state index is 0.00733. The van der Waals surface area contributed by atoms with Crippen molar-refractivity contribution >= 4 is 29.4 Å². The number of amides is 2. The number of rotatable bonds is 9. The van der Waals surface area contributed by atoms with Crippen LogP contribution in [0.5, 0.6) is 0 Å². The normalized spacial score (nSPS) is 14.5. The second-order valence-corrected chi connectivity index (χ2v) is 9.97. The highest BCUT2D eigenvalue weighted by Crippen LogP contribution is 2.27. The van der Waals surface area contributed by atoms with E-state index in [4.69, 9.17) is 23.1 Å². The van der Waals surface area contributed by atoms with E-state index in [0.29, 0.717) is 37.5 Å². The lowest BCUT2D eigenvalue weighted by Crippen LogP contribution is -2.49. The first-order valence-corrected chi connectivity index (χ1v) is 13.3. The molecular weight excluding hydrogens is 498 g/mol. The van der Waals surface area contributed by atoms with E-state index in [-0.39, 0.29) is 17.8 Å². The molecule has 2 amide bonds. The number of guanidine groups is 1. The summed E-state index contributed by atoms with van der Waals surface area (Å²) in [6, 6.07) is 24.3. The third-order valence-corrected chi connectivity index (χ3v) is 7.08. The third kappa shape index (κ3) is 7.13. The van der Waals surface area contributed by atoms with E-state index in [2.05, 4.69) is 22.4 Å². The summed E-state index contributed by atoms with van der Waals surface area (Å²) in [6.45, 7) is 1.53. The van der Waals surface area contributed by atoms with Crippen LogP contribution in [0.25, 0.3) is 0 Å². The predicted octanol–water partition coefficient (Wildman–Crippen LogP) is 3.99. The van der Waals surface area contributed by atoms with Crippen molar-refractivity contribution in [3.63, 3.8) is 0 Å². The van der Waals surface area contributed by atoms with Crippen molar-refractivity contribution in [1.29, 1.82) is 0 Å². The van der Waals surface area contributed by atoms with E-state index in [1.807, 2.05) is 59.5 Å². The SMILES string of the molecule is NC(N)=NCCC[C@@H](NC(=O)[C@@H](c1ccccc1)c1ccc(Cl)cc1)C(=O)N1CCCc2ccccc2C1. The van der Waals surface area contributed by atoms with Crippen molar-refractivity contribution in [2.45, 2.75) is 44.2 Å². The number of nitrogens with one attached hydrogen (secondary N) is 1. The molecule has 0 radical (unpaired) electrons. The Morgan fingerprint density at radius 2 is 1.58 bits per heavy atom. The van der Waals surface area contributed by atoms with E-state index in [0.717, 1.165) is 29.5 Å². The topological polar surface area (TPSA) is 114 Å². The molecule has 198 valence electrons. The maximum Gasteiger partial charge on any atom is 0.245 e. The van der Waals surface area contributed by atoms with Crippen LogP contribution >= 0.6 is 11.6 Å². The summed E-state index contributed by atoms with van der Waals surface area (Å²) in [5, 5.41) is 3.68. The van der Waals surface area contributed by atoms with Crippen LogP contribution < -0.4 is 16.8 Å². The highest BCUT2D eigenvalue weighted by atomic mass is 35.5. The van der Waals surface area contributed by atoms with Gasteiger partial charge in [0.2, 0.25) is 11.8 Å². The molecule has 0 saturated carbocycles. The van der Waals surface area contributed by atoms with Gasteiger partial charge in [-0.25, -0.2) is 0 Å². The first-order chi connectivity index (χ1) is 18.4. The van der Waals surface area contributed by atoms with E-state index in [9.17, 15) is 9.59 Å². The Bertz CT molecular complexity index is 1260. The van der Waals surface area contributed by atoms with Gasteiger partial charge in [0.05, 0.1) is 5.92 Å². The molecule has 1 aliphatic rings. The summed E-state index contributed by atoms with van der Waals surface area (Å²) in [6.07, 6.45) is 2.76. The van der Waals surface area contributed by atoms with E-state index in [1.54, 1.807) is 12.1 Å². The molecule has 0 aliphatic carbocycles. The second kappa shape index (κ2) is 13.1. The van der Waals surface area contributed by atoms with Crippen LogP contribution in [0.3, 0.4) is 0 Å². The summed E-state index contributed by atoms with van der Waals surface area (Å²) in [7, 11) is 0. The van der Waals surface area contributed by atoms with Crippen LogP contribution in [0.15, 0.2) is 83.9 Å². The van der Waals surface area contributed by atoms with Gasteiger partial charge in [0.25, 0.3) is 0 Å². The lowest BCUT2D eigenvalue weighted by Gasteiger charge is -2.28. The Morgan fingerprint density at radius 1 is 0.921 bits per heavy atom. The number of nitrogens with zero attached hydrogens (tertiary/aromatic N) is 2.